The van der Waals surface area contributed by atoms with Crippen molar-refractivity contribution in [1.82, 2.24) is 5.32 Å². The van der Waals surface area contributed by atoms with Crippen molar-refractivity contribution in [1.29, 1.82) is 0 Å². The van der Waals surface area contributed by atoms with Crippen LogP contribution in [0, 0.1) is 24.0 Å². The number of nitro groups is 1. The number of non-ortho nitro benzene ring substituents is 1. The summed E-state index contributed by atoms with van der Waals surface area (Å²) in [5, 5.41) is 13.4. The van der Waals surface area contributed by atoms with E-state index in [1.54, 1.807) is 30.3 Å². The number of thioether (sulfide) groups is 1. The Kier molecular flexibility index (Phi) is 5.24. The number of carbonyl (C=O) groups excluding carboxylic acids is 1. The van der Waals surface area contributed by atoms with E-state index in [-0.39, 0.29) is 10.9 Å². The molecule has 1 fully saturated rings. The third kappa shape index (κ3) is 4.18. The summed E-state index contributed by atoms with van der Waals surface area (Å²) in [5.41, 5.74) is 3.80. The molecule has 8 heteroatoms. The smallest absolute Gasteiger partial charge is 0.289 e. The summed E-state index contributed by atoms with van der Waals surface area (Å²) < 4.78 is 5.85. The van der Waals surface area contributed by atoms with Gasteiger partial charge in [-0.25, -0.2) is 4.99 Å². The molecule has 150 valence electrons. The van der Waals surface area contributed by atoms with Crippen molar-refractivity contribution in [3.05, 3.63) is 86.5 Å². The van der Waals surface area contributed by atoms with E-state index in [1.165, 1.54) is 17.7 Å². The quantitative estimate of drug-likeness (QED) is 0.413. The molecule has 1 N–H and O–H groups in total. The summed E-state index contributed by atoms with van der Waals surface area (Å²) in [6.07, 6.45) is 1.75. The molecule has 0 spiro atoms. The van der Waals surface area contributed by atoms with Crippen LogP contribution in [0.5, 0.6) is 0 Å². The van der Waals surface area contributed by atoms with E-state index in [0.717, 1.165) is 28.6 Å². The predicted molar refractivity (Wildman–Crippen MR) is 118 cm³/mol. The first-order valence-corrected chi connectivity index (χ1v) is 9.92. The Morgan fingerprint density at radius 1 is 1.07 bits per heavy atom. The highest BCUT2D eigenvalue weighted by Gasteiger charge is 2.24. The average molecular weight is 419 g/mol. The number of nitro benzene ring substituents is 1. The highest BCUT2D eigenvalue weighted by atomic mass is 32.2. The Hall–Kier alpha value is -3.65. The van der Waals surface area contributed by atoms with E-state index < -0.39 is 4.92 Å². The van der Waals surface area contributed by atoms with Crippen molar-refractivity contribution < 1.29 is 14.1 Å². The van der Waals surface area contributed by atoms with Crippen molar-refractivity contribution in [2.75, 3.05) is 0 Å². The number of nitrogens with one attached hydrogen (secondary N) is 1. The van der Waals surface area contributed by atoms with Crippen molar-refractivity contribution in [2.45, 2.75) is 13.8 Å². The van der Waals surface area contributed by atoms with Crippen LogP contribution in [0.1, 0.15) is 16.9 Å². The van der Waals surface area contributed by atoms with Crippen LogP contribution in [0.15, 0.2) is 68.9 Å². The molecule has 0 saturated carbocycles. The van der Waals surface area contributed by atoms with Gasteiger partial charge in [0.2, 0.25) is 0 Å². The summed E-state index contributed by atoms with van der Waals surface area (Å²) in [6.45, 7) is 4.05. The van der Waals surface area contributed by atoms with E-state index in [1.807, 2.05) is 32.0 Å². The molecule has 1 aliphatic heterocycles. The number of aliphatic imine (C=N–C) groups is 1. The molecule has 1 amide bonds. The highest BCUT2D eigenvalue weighted by molar-refractivity contribution is 8.18. The van der Waals surface area contributed by atoms with Gasteiger partial charge in [0.05, 0.1) is 15.5 Å². The molecule has 4 rings (SSSR count). The fourth-order valence-corrected chi connectivity index (χ4v) is 3.62. The Morgan fingerprint density at radius 2 is 1.83 bits per heavy atom. The minimum absolute atomic E-state index is 0.0202. The first kappa shape index (κ1) is 19.7. The van der Waals surface area contributed by atoms with Gasteiger partial charge in [-0.2, -0.15) is 0 Å². The van der Waals surface area contributed by atoms with E-state index in [0.29, 0.717) is 22.3 Å². The number of nitrogens with zero attached hydrogens (tertiary/aromatic N) is 2. The minimum Gasteiger partial charge on any atom is -0.457 e. The van der Waals surface area contributed by atoms with Gasteiger partial charge < -0.3 is 9.73 Å². The fraction of sp³-hybridized carbons (Fsp3) is 0.0909. The molecule has 1 aromatic heterocycles. The zero-order valence-corrected chi connectivity index (χ0v) is 17.0. The normalized spacial score (nSPS) is 16.3. The Labute approximate surface area is 176 Å². The largest absolute Gasteiger partial charge is 0.457 e. The van der Waals surface area contributed by atoms with Gasteiger partial charge in [0.25, 0.3) is 10.9 Å². The molecule has 2 heterocycles. The topological polar surface area (TPSA) is 97.7 Å². The van der Waals surface area contributed by atoms with E-state index in [9.17, 15) is 14.9 Å². The number of hydrogen-bond acceptors (Lipinski definition) is 6. The van der Waals surface area contributed by atoms with Crippen molar-refractivity contribution in [3.63, 3.8) is 0 Å². The van der Waals surface area contributed by atoms with E-state index in [2.05, 4.69) is 10.3 Å². The van der Waals surface area contributed by atoms with Crippen molar-refractivity contribution >= 4 is 40.3 Å². The number of benzene rings is 2. The molecule has 3 aromatic rings. The van der Waals surface area contributed by atoms with Crippen LogP contribution < -0.4 is 5.32 Å². The second-order valence-electron chi connectivity index (χ2n) is 6.76. The highest BCUT2D eigenvalue weighted by Crippen LogP contribution is 2.31. The van der Waals surface area contributed by atoms with E-state index in [4.69, 9.17) is 4.42 Å². The molecule has 0 radical (unpaired) electrons. The summed E-state index contributed by atoms with van der Waals surface area (Å²) in [5.74, 6) is 1.60. The second-order valence-corrected chi connectivity index (χ2v) is 7.77. The number of rotatable bonds is 4. The van der Waals surface area contributed by atoms with Gasteiger partial charge in [0, 0.05) is 17.7 Å². The molecular weight excluding hydrogens is 402 g/mol. The van der Waals surface area contributed by atoms with Gasteiger partial charge in [-0.05, 0) is 79.2 Å². The first-order valence-electron chi connectivity index (χ1n) is 9.10. The standard InChI is InChI=1S/C22H17N3O4S/c1-13-3-6-16(11-14(13)2)23-21-20(30-22(26)24-21)12-18-9-10-19(29-18)15-4-7-17(8-5-15)25(27)28/h3-12H,1-2H3,(H,23,24,26)/b20-12-. The Morgan fingerprint density at radius 3 is 2.53 bits per heavy atom. The summed E-state index contributed by atoms with van der Waals surface area (Å²) in [7, 11) is 0. The lowest BCUT2D eigenvalue weighted by molar-refractivity contribution is -0.384. The average Bonchev–Trinajstić information content (AvgIpc) is 3.31. The predicted octanol–water partition coefficient (Wildman–Crippen LogP) is 6.00. The lowest BCUT2D eigenvalue weighted by Crippen LogP contribution is -2.18. The van der Waals surface area contributed by atoms with Gasteiger partial charge in [0.1, 0.15) is 17.4 Å². The molecule has 1 aliphatic rings. The van der Waals surface area contributed by atoms with Crippen LogP contribution in [-0.2, 0) is 0 Å². The zero-order chi connectivity index (χ0) is 21.3. The second kappa shape index (κ2) is 8.00. The van der Waals surface area contributed by atoms with Crippen LogP contribution >= 0.6 is 11.8 Å². The molecule has 0 bridgehead atoms. The monoisotopic (exact) mass is 419 g/mol. The minimum atomic E-state index is -0.445. The molecule has 0 unspecified atom stereocenters. The van der Waals surface area contributed by atoms with Gasteiger partial charge in [0.15, 0.2) is 0 Å². The maximum atomic E-state index is 11.9. The lowest BCUT2D eigenvalue weighted by atomic mass is 10.1. The van der Waals surface area contributed by atoms with Crippen LogP contribution in [0.3, 0.4) is 0 Å². The van der Waals surface area contributed by atoms with Gasteiger partial charge in [-0.3, -0.25) is 14.9 Å². The zero-order valence-electron chi connectivity index (χ0n) is 16.2. The fourth-order valence-electron chi connectivity index (χ4n) is 2.90. The molecule has 1 saturated heterocycles. The maximum absolute atomic E-state index is 11.9. The number of carbonyl (C=O) groups is 1. The Bertz CT molecular complexity index is 1210. The molecule has 7 nitrogen and oxygen atoms in total. The third-order valence-corrected chi connectivity index (χ3v) is 5.47. The summed E-state index contributed by atoms with van der Waals surface area (Å²) in [4.78, 5) is 27.5. The van der Waals surface area contributed by atoms with Gasteiger partial charge in [-0.1, -0.05) is 6.07 Å². The molecule has 0 aliphatic carbocycles. The Balaban J connectivity index is 1.61. The first-order chi connectivity index (χ1) is 14.4. The molecular formula is C22H17N3O4S. The van der Waals surface area contributed by atoms with Gasteiger partial charge in [-0.15, -0.1) is 0 Å². The third-order valence-electron chi connectivity index (χ3n) is 4.65. The van der Waals surface area contributed by atoms with Crippen LogP contribution in [0.25, 0.3) is 17.4 Å². The maximum Gasteiger partial charge on any atom is 0.289 e. The SMILES string of the molecule is Cc1ccc(N=C2NC(=O)S/C2=C\c2ccc(-c3ccc([N+](=O)[O-])cc3)o2)cc1C. The number of amidine groups is 1. The molecule has 30 heavy (non-hydrogen) atoms. The summed E-state index contributed by atoms with van der Waals surface area (Å²) in [6, 6.07) is 15.6. The number of amides is 1. The lowest BCUT2D eigenvalue weighted by Gasteiger charge is -2.03. The molecule has 0 atom stereocenters. The van der Waals surface area contributed by atoms with Crippen LogP contribution in [0.2, 0.25) is 0 Å². The number of hydrogen-bond donors (Lipinski definition) is 1. The van der Waals surface area contributed by atoms with Crippen molar-refractivity contribution in [2.24, 2.45) is 4.99 Å². The van der Waals surface area contributed by atoms with Crippen molar-refractivity contribution in [3.8, 4) is 11.3 Å². The number of furan rings is 1. The summed E-state index contributed by atoms with van der Waals surface area (Å²) >= 11 is 1.05. The van der Waals surface area contributed by atoms with E-state index >= 15 is 0 Å². The van der Waals surface area contributed by atoms with Crippen LogP contribution in [0.4, 0.5) is 16.2 Å². The molecule has 2 aromatic carbocycles. The number of aryl methyl sites for hydroxylation is 2. The van der Waals surface area contributed by atoms with Crippen LogP contribution in [-0.4, -0.2) is 16.0 Å². The van der Waals surface area contributed by atoms with Gasteiger partial charge >= 0.3 is 0 Å².